The molecular weight excluding hydrogens is 296 g/mol. The molecule has 0 radical (unpaired) electrons. The number of hydrogen-bond donors (Lipinski definition) is 1. The van der Waals surface area contributed by atoms with Crippen LogP contribution in [0.15, 0.2) is 30.3 Å². The van der Waals surface area contributed by atoms with Crippen LogP contribution in [-0.4, -0.2) is 29.8 Å². The molecule has 0 heterocycles. The van der Waals surface area contributed by atoms with E-state index in [0.717, 1.165) is 18.4 Å². The van der Waals surface area contributed by atoms with Gasteiger partial charge in [0.2, 0.25) is 0 Å². The van der Waals surface area contributed by atoms with E-state index in [0.29, 0.717) is 12.8 Å². The van der Waals surface area contributed by atoms with Gasteiger partial charge in [0.25, 0.3) is 0 Å². The van der Waals surface area contributed by atoms with E-state index in [1.165, 1.54) is 0 Å². The second kappa shape index (κ2) is 8.67. The maximum atomic E-state index is 12.3. The summed E-state index contributed by atoms with van der Waals surface area (Å²) in [6.45, 7) is 1.73. The predicted octanol–water partition coefficient (Wildman–Crippen LogP) is 2.46. The molecule has 1 saturated carbocycles. The van der Waals surface area contributed by atoms with Crippen LogP contribution in [0, 0.1) is 11.8 Å². The zero-order valence-electron chi connectivity index (χ0n) is 13.4. The van der Waals surface area contributed by atoms with Crippen LogP contribution >= 0.6 is 0 Å². The normalized spacial score (nSPS) is 22.2. The molecule has 23 heavy (non-hydrogen) atoms. The number of ether oxygens (including phenoxy) is 2. The van der Waals surface area contributed by atoms with Crippen molar-refractivity contribution >= 4 is 11.9 Å². The molecule has 0 aliphatic heterocycles. The largest absolute Gasteiger partial charge is 0.463 e. The highest BCUT2D eigenvalue weighted by molar-refractivity contribution is 5.82. The third-order valence-electron chi connectivity index (χ3n) is 4.06. The fourth-order valence-corrected chi connectivity index (χ4v) is 2.84. The molecule has 1 aliphatic rings. The molecule has 2 rings (SSSR count). The molecule has 126 valence electrons. The fourth-order valence-electron chi connectivity index (χ4n) is 2.84. The van der Waals surface area contributed by atoms with Gasteiger partial charge in [0.05, 0.1) is 17.9 Å². The van der Waals surface area contributed by atoms with Gasteiger partial charge in [0, 0.05) is 0 Å². The summed E-state index contributed by atoms with van der Waals surface area (Å²) in [5.41, 5.74) is 0.921. The van der Waals surface area contributed by atoms with Crippen LogP contribution in [0.25, 0.3) is 0 Å². The van der Waals surface area contributed by atoms with Crippen LogP contribution in [0.5, 0.6) is 0 Å². The Balaban J connectivity index is 1.91. The first-order chi connectivity index (χ1) is 11.1. The minimum absolute atomic E-state index is 0.0406. The number of rotatable bonds is 6. The van der Waals surface area contributed by atoms with Gasteiger partial charge >= 0.3 is 11.9 Å². The van der Waals surface area contributed by atoms with Crippen molar-refractivity contribution in [1.29, 1.82) is 0 Å². The van der Waals surface area contributed by atoms with E-state index in [2.05, 4.69) is 0 Å². The molecule has 1 aromatic rings. The van der Waals surface area contributed by atoms with E-state index < -0.39 is 23.9 Å². The van der Waals surface area contributed by atoms with Crippen LogP contribution in [0.1, 0.15) is 38.2 Å². The number of benzene rings is 1. The van der Waals surface area contributed by atoms with Crippen LogP contribution in [0.4, 0.5) is 0 Å². The molecule has 1 aromatic carbocycles. The number of aliphatic hydroxyl groups is 1. The molecule has 1 aliphatic carbocycles. The minimum Gasteiger partial charge on any atom is -0.463 e. The van der Waals surface area contributed by atoms with E-state index >= 15 is 0 Å². The molecule has 5 heteroatoms. The Bertz CT molecular complexity index is 511. The van der Waals surface area contributed by atoms with Gasteiger partial charge in [0.1, 0.15) is 13.2 Å². The highest BCUT2D eigenvalue weighted by Crippen LogP contribution is 2.32. The van der Waals surface area contributed by atoms with E-state index in [-0.39, 0.29) is 19.2 Å². The molecular formula is C18H24O5. The zero-order valence-corrected chi connectivity index (χ0v) is 13.4. The first-order valence-electron chi connectivity index (χ1n) is 8.13. The average molecular weight is 320 g/mol. The van der Waals surface area contributed by atoms with Gasteiger partial charge in [-0.05, 0) is 25.3 Å². The third kappa shape index (κ3) is 5.36. The highest BCUT2D eigenvalue weighted by atomic mass is 16.5. The van der Waals surface area contributed by atoms with E-state index in [4.69, 9.17) is 9.47 Å². The van der Waals surface area contributed by atoms with Gasteiger partial charge in [-0.15, -0.1) is 0 Å². The summed E-state index contributed by atoms with van der Waals surface area (Å²) in [6.07, 6.45) is 2.37. The molecule has 0 amide bonds. The Morgan fingerprint density at radius 1 is 1.09 bits per heavy atom. The van der Waals surface area contributed by atoms with E-state index in [1.54, 1.807) is 6.92 Å². The van der Waals surface area contributed by atoms with Crippen LogP contribution in [0.3, 0.4) is 0 Å². The SMILES string of the molecule is CC(O)COC(=O)C1CCCCC1C(=O)OCc1ccccc1. The molecule has 1 fully saturated rings. The van der Waals surface area contributed by atoms with Gasteiger partial charge in [-0.1, -0.05) is 43.2 Å². The summed E-state index contributed by atoms with van der Waals surface area (Å²) >= 11 is 0. The first kappa shape index (κ1) is 17.5. The van der Waals surface area contributed by atoms with Crippen molar-refractivity contribution < 1.29 is 24.2 Å². The highest BCUT2D eigenvalue weighted by Gasteiger charge is 2.37. The topological polar surface area (TPSA) is 72.8 Å². The maximum Gasteiger partial charge on any atom is 0.310 e. The molecule has 3 atom stereocenters. The number of carbonyl (C=O) groups excluding carboxylic acids is 2. The lowest BCUT2D eigenvalue weighted by Gasteiger charge is -2.28. The Labute approximate surface area is 136 Å². The lowest BCUT2D eigenvalue weighted by atomic mass is 9.79. The van der Waals surface area contributed by atoms with Crippen molar-refractivity contribution in [3.63, 3.8) is 0 Å². The molecule has 0 bridgehead atoms. The van der Waals surface area contributed by atoms with Crippen molar-refractivity contribution in [3.05, 3.63) is 35.9 Å². The smallest absolute Gasteiger partial charge is 0.310 e. The van der Waals surface area contributed by atoms with Crippen LogP contribution in [-0.2, 0) is 25.7 Å². The molecule has 0 aromatic heterocycles. The van der Waals surface area contributed by atoms with E-state index in [1.807, 2.05) is 30.3 Å². The lowest BCUT2D eigenvalue weighted by Crippen LogP contribution is -2.35. The third-order valence-corrected chi connectivity index (χ3v) is 4.06. The van der Waals surface area contributed by atoms with Crippen molar-refractivity contribution in [1.82, 2.24) is 0 Å². The van der Waals surface area contributed by atoms with Crippen molar-refractivity contribution in [3.8, 4) is 0 Å². The molecule has 0 saturated heterocycles. The minimum atomic E-state index is -0.703. The first-order valence-corrected chi connectivity index (χ1v) is 8.13. The Kier molecular flexibility index (Phi) is 6.59. The molecule has 3 unspecified atom stereocenters. The van der Waals surface area contributed by atoms with Gasteiger partial charge in [0.15, 0.2) is 0 Å². The quantitative estimate of drug-likeness (QED) is 0.815. The zero-order chi connectivity index (χ0) is 16.7. The fraction of sp³-hybridized carbons (Fsp3) is 0.556. The lowest BCUT2D eigenvalue weighted by molar-refractivity contribution is -0.164. The molecule has 1 N–H and O–H groups in total. The summed E-state index contributed by atoms with van der Waals surface area (Å²) in [4.78, 5) is 24.5. The number of carbonyl (C=O) groups is 2. The summed E-state index contributed by atoms with van der Waals surface area (Å²) < 4.78 is 10.5. The van der Waals surface area contributed by atoms with Gasteiger partial charge in [-0.25, -0.2) is 0 Å². The second-order valence-corrected chi connectivity index (χ2v) is 6.07. The summed E-state index contributed by atoms with van der Waals surface area (Å²) in [5.74, 6) is -1.67. The maximum absolute atomic E-state index is 12.3. The average Bonchev–Trinajstić information content (AvgIpc) is 2.58. The molecule has 5 nitrogen and oxygen atoms in total. The Hall–Kier alpha value is -1.88. The van der Waals surface area contributed by atoms with Crippen molar-refractivity contribution in [2.45, 2.75) is 45.3 Å². The van der Waals surface area contributed by atoms with Crippen LogP contribution < -0.4 is 0 Å². The number of esters is 2. The number of hydrogen-bond acceptors (Lipinski definition) is 5. The predicted molar refractivity (Wildman–Crippen MR) is 84.3 cm³/mol. The summed E-state index contributed by atoms with van der Waals surface area (Å²) in [5, 5.41) is 9.22. The number of aliphatic hydroxyl groups excluding tert-OH is 1. The standard InChI is InChI=1S/C18H24O5/c1-13(19)11-22-17(20)15-9-5-6-10-16(15)18(21)23-12-14-7-3-2-4-8-14/h2-4,7-8,13,15-16,19H,5-6,9-12H2,1H3. The molecule has 0 spiro atoms. The monoisotopic (exact) mass is 320 g/mol. The van der Waals surface area contributed by atoms with Crippen LogP contribution in [0.2, 0.25) is 0 Å². The summed E-state index contributed by atoms with van der Waals surface area (Å²) in [6, 6.07) is 9.46. The van der Waals surface area contributed by atoms with E-state index in [9.17, 15) is 14.7 Å². The Morgan fingerprint density at radius 2 is 1.65 bits per heavy atom. The Morgan fingerprint density at radius 3 is 2.22 bits per heavy atom. The van der Waals surface area contributed by atoms with Crippen molar-refractivity contribution in [2.24, 2.45) is 11.8 Å². The summed E-state index contributed by atoms with van der Waals surface area (Å²) in [7, 11) is 0. The van der Waals surface area contributed by atoms with Gasteiger partial charge in [-0.2, -0.15) is 0 Å². The van der Waals surface area contributed by atoms with Gasteiger partial charge in [-0.3, -0.25) is 9.59 Å². The van der Waals surface area contributed by atoms with Crippen molar-refractivity contribution in [2.75, 3.05) is 6.61 Å². The van der Waals surface area contributed by atoms with Gasteiger partial charge < -0.3 is 14.6 Å². The second-order valence-electron chi connectivity index (χ2n) is 6.07.